The highest BCUT2D eigenvalue weighted by Gasteiger charge is 2.29. The van der Waals surface area contributed by atoms with Crippen molar-refractivity contribution in [3.63, 3.8) is 0 Å². The van der Waals surface area contributed by atoms with Crippen molar-refractivity contribution in [3.05, 3.63) is 54.0 Å². The van der Waals surface area contributed by atoms with E-state index in [1.807, 2.05) is 18.7 Å². The van der Waals surface area contributed by atoms with Gasteiger partial charge in [-0.15, -0.1) is 0 Å². The Morgan fingerprint density at radius 1 is 1.24 bits per heavy atom. The van der Waals surface area contributed by atoms with Crippen molar-refractivity contribution < 1.29 is 23.8 Å². The van der Waals surface area contributed by atoms with Crippen LogP contribution >= 0.6 is 0 Å². The number of hydrogen-bond acceptors (Lipinski definition) is 7. The smallest absolute Gasteiger partial charge is 0.281 e. The maximum Gasteiger partial charge on any atom is 0.281 e. The molecule has 0 saturated carbocycles. The number of amides is 1. The molecule has 37 heavy (non-hydrogen) atoms. The molecule has 11 heteroatoms. The minimum absolute atomic E-state index is 0. The van der Waals surface area contributed by atoms with Crippen LogP contribution in [-0.2, 0) is 10.0 Å². The molecular weight excluding hydrogens is 497 g/mol. The van der Waals surface area contributed by atoms with Crippen molar-refractivity contribution in [1.29, 1.82) is 0 Å². The molecule has 2 N–H and O–H groups in total. The monoisotopic (exact) mass is 531 g/mol. The van der Waals surface area contributed by atoms with Crippen LogP contribution in [0.4, 0.5) is 10.2 Å². The average molecular weight is 532 g/mol. The van der Waals surface area contributed by atoms with E-state index < -0.39 is 21.7 Å². The summed E-state index contributed by atoms with van der Waals surface area (Å²) in [6.45, 7) is 10.1. The maximum absolute atomic E-state index is 14.5. The van der Waals surface area contributed by atoms with Crippen molar-refractivity contribution in [3.8, 4) is 17.0 Å². The Morgan fingerprint density at radius 2 is 2.03 bits per heavy atom. The lowest BCUT2D eigenvalue weighted by molar-refractivity contribution is 0.0981. The van der Waals surface area contributed by atoms with Gasteiger partial charge in [0, 0.05) is 26.1 Å². The predicted octanol–water partition coefficient (Wildman–Crippen LogP) is 4.49. The molecule has 2 unspecified atom stereocenters. The molecule has 1 aliphatic heterocycles. The molecule has 1 amide bonds. The molecule has 3 heterocycles. The van der Waals surface area contributed by atoms with Crippen LogP contribution in [0.2, 0.25) is 0 Å². The van der Waals surface area contributed by atoms with E-state index in [9.17, 15) is 17.6 Å². The number of rotatable bonds is 8. The van der Waals surface area contributed by atoms with Crippen molar-refractivity contribution in [1.82, 2.24) is 19.9 Å². The summed E-state index contributed by atoms with van der Waals surface area (Å²) in [4.78, 5) is 19.9. The molecule has 9 nitrogen and oxygen atoms in total. The lowest BCUT2D eigenvalue weighted by Gasteiger charge is -2.37. The summed E-state index contributed by atoms with van der Waals surface area (Å²) >= 11 is 0. The number of halogens is 1. The highest BCUT2D eigenvalue weighted by atomic mass is 32.2. The Balaban J connectivity index is 0.00000400. The van der Waals surface area contributed by atoms with Gasteiger partial charge in [0.05, 0.1) is 24.1 Å². The maximum atomic E-state index is 14.5. The van der Waals surface area contributed by atoms with E-state index in [1.54, 1.807) is 12.1 Å². The number of aromatic amines is 1. The Bertz CT molecular complexity index is 1370. The fourth-order valence-corrected chi connectivity index (χ4v) is 5.04. The third kappa shape index (κ3) is 6.27. The zero-order valence-corrected chi connectivity index (χ0v) is 22.2. The number of piperidine rings is 1. The summed E-state index contributed by atoms with van der Waals surface area (Å²) < 4.78 is 47.5. The van der Waals surface area contributed by atoms with E-state index in [1.165, 1.54) is 30.5 Å². The van der Waals surface area contributed by atoms with Gasteiger partial charge in [-0.2, -0.15) is 13.5 Å². The summed E-state index contributed by atoms with van der Waals surface area (Å²) in [7, 11) is -4.15. The van der Waals surface area contributed by atoms with E-state index in [0.717, 1.165) is 6.42 Å². The number of carbonyl (C=O) groups excluding carboxylic acids is 1. The first-order valence-electron chi connectivity index (χ1n) is 12.3. The Labute approximate surface area is 218 Å². The Kier molecular flexibility index (Phi) is 7.82. The fourth-order valence-electron chi connectivity index (χ4n) is 4.16. The molecule has 200 valence electrons. The first-order chi connectivity index (χ1) is 17.5. The molecule has 1 saturated heterocycles. The quantitative estimate of drug-likeness (QED) is 0.440. The van der Waals surface area contributed by atoms with Crippen LogP contribution in [0.1, 0.15) is 45.9 Å². The van der Waals surface area contributed by atoms with Crippen LogP contribution in [0.5, 0.6) is 5.75 Å². The number of hydrogen-bond donors (Lipinski definition) is 2. The van der Waals surface area contributed by atoms with Gasteiger partial charge in [0.25, 0.3) is 15.9 Å². The van der Waals surface area contributed by atoms with Gasteiger partial charge in [-0.3, -0.25) is 9.89 Å². The number of ether oxygens (including phenoxy) is 1. The standard InChI is InChI=1S/C26H32FN5O4S.H2/c1-16(2)15-36-21-12-19(11-20(27)13-21)23-6-5-22(25(29-23)32-10-8-17(3)18(4)14-32)26(33)31-37(34,35)24-7-9-28-30-24;/h5-7,9,11-13,16-18H,8,10,14-15H2,1-4H3,(H,28,30)(H,31,33);1H. The van der Waals surface area contributed by atoms with Gasteiger partial charge in [-0.05, 0) is 54.5 Å². The highest BCUT2D eigenvalue weighted by Crippen LogP contribution is 2.32. The van der Waals surface area contributed by atoms with Crippen LogP contribution < -0.4 is 14.4 Å². The first kappa shape index (κ1) is 26.6. The minimum Gasteiger partial charge on any atom is -0.493 e. The summed E-state index contributed by atoms with van der Waals surface area (Å²) in [6.07, 6.45) is 2.18. The van der Waals surface area contributed by atoms with E-state index in [0.29, 0.717) is 54.4 Å². The van der Waals surface area contributed by atoms with Gasteiger partial charge in [-0.25, -0.2) is 14.1 Å². The summed E-state index contributed by atoms with van der Waals surface area (Å²) in [5.74, 6) is 0.580. The Morgan fingerprint density at radius 3 is 2.70 bits per heavy atom. The number of carbonyl (C=O) groups is 1. The molecule has 1 aliphatic rings. The van der Waals surface area contributed by atoms with E-state index in [4.69, 9.17) is 9.72 Å². The molecule has 1 aromatic carbocycles. The Hall–Kier alpha value is -3.47. The number of pyridine rings is 1. The van der Waals surface area contributed by atoms with Crippen molar-refractivity contribution in [2.75, 3.05) is 24.6 Å². The van der Waals surface area contributed by atoms with Gasteiger partial charge >= 0.3 is 0 Å². The van der Waals surface area contributed by atoms with Crippen LogP contribution in [0.3, 0.4) is 0 Å². The second kappa shape index (κ2) is 10.9. The molecule has 3 aromatic rings. The topological polar surface area (TPSA) is 117 Å². The summed E-state index contributed by atoms with van der Waals surface area (Å²) in [6, 6.07) is 8.76. The lowest BCUT2D eigenvalue weighted by atomic mass is 9.88. The molecule has 2 atom stereocenters. The number of nitrogens with one attached hydrogen (secondary N) is 2. The largest absolute Gasteiger partial charge is 0.493 e. The third-order valence-corrected chi connectivity index (χ3v) is 7.76. The summed E-state index contributed by atoms with van der Waals surface area (Å²) in [5.41, 5.74) is 1.06. The average Bonchev–Trinajstić information content (AvgIpc) is 3.40. The van der Waals surface area contributed by atoms with Gasteiger partial charge in [-0.1, -0.05) is 27.7 Å². The van der Waals surface area contributed by atoms with E-state index in [2.05, 4.69) is 28.8 Å². The summed E-state index contributed by atoms with van der Waals surface area (Å²) in [5, 5.41) is 5.77. The van der Waals surface area contributed by atoms with Crippen LogP contribution in [0.15, 0.2) is 47.6 Å². The lowest BCUT2D eigenvalue weighted by Crippen LogP contribution is -2.40. The van der Waals surface area contributed by atoms with Crippen molar-refractivity contribution in [2.24, 2.45) is 17.8 Å². The molecular formula is C26H34FN5O4S. The van der Waals surface area contributed by atoms with Gasteiger partial charge in [0.2, 0.25) is 0 Å². The van der Waals surface area contributed by atoms with Gasteiger partial charge < -0.3 is 9.64 Å². The number of H-pyrrole nitrogens is 1. The molecule has 1 fully saturated rings. The van der Waals surface area contributed by atoms with E-state index >= 15 is 0 Å². The minimum atomic E-state index is -4.15. The highest BCUT2D eigenvalue weighted by molar-refractivity contribution is 7.90. The van der Waals surface area contributed by atoms with Crippen molar-refractivity contribution in [2.45, 2.75) is 39.1 Å². The second-order valence-electron chi connectivity index (χ2n) is 9.99. The zero-order valence-electron chi connectivity index (χ0n) is 21.4. The molecule has 0 aliphatic carbocycles. The normalized spacial score (nSPS) is 18.2. The molecule has 0 bridgehead atoms. The number of benzene rings is 1. The molecule has 2 aromatic heterocycles. The third-order valence-electron chi connectivity index (χ3n) is 6.50. The number of sulfonamides is 1. The number of aromatic nitrogens is 3. The van der Waals surface area contributed by atoms with Crippen LogP contribution in [-0.4, -0.2) is 49.2 Å². The van der Waals surface area contributed by atoms with Gasteiger partial charge in [0.15, 0.2) is 5.03 Å². The van der Waals surface area contributed by atoms with Crippen molar-refractivity contribution >= 4 is 21.7 Å². The molecule has 0 radical (unpaired) electrons. The molecule has 4 rings (SSSR count). The number of nitrogens with zero attached hydrogens (tertiary/aromatic N) is 3. The SMILES string of the molecule is CC(C)COc1cc(F)cc(-c2ccc(C(=O)NS(=O)(=O)c3ccn[nH]3)c(N3CCC(C)C(C)C3)n2)c1.[HH]. The fraction of sp³-hybridized carbons (Fsp3) is 0.423. The van der Waals surface area contributed by atoms with Crippen LogP contribution in [0, 0.1) is 23.6 Å². The number of anilines is 1. The van der Waals surface area contributed by atoms with E-state index in [-0.39, 0.29) is 17.9 Å². The predicted molar refractivity (Wildman–Crippen MR) is 140 cm³/mol. The second-order valence-corrected chi connectivity index (χ2v) is 11.6. The van der Waals surface area contributed by atoms with Crippen LogP contribution in [0.25, 0.3) is 11.3 Å². The first-order valence-corrected chi connectivity index (χ1v) is 13.8. The zero-order chi connectivity index (χ0) is 26.7. The van der Waals surface area contributed by atoms with Gasteiger partial charge in [0.1, 0.15) is 17.4 Å². The molecule has 0 spiro atoms.